The monoisotopic (exact) mass is 417 g/mol. The smallest absolute Gasteiger partial charge is 0.272 e. The molecule has 0 fully saturated rings. The number of carbonyl (C=O) groups excluding carboxylic acids is 1. The zero-order valence-electron chi connectivity index (χ0n) is 16.1. The fourth-order valence-corrected chi connectivity index (χ4v) is 4.22. The van der Waals surface area contributed by atoms with Gasteiger partial charge >= 0.3 is 0 Å². The molecule has 1 atom stereocenters. The van der Waals surface area contributed by atoms with Crippen LogP contribution < -0.4 is 15.6 Å². The molecule has 0 aliphatic heterocycles. The van der Waals surface area contributed by atoms with Gasteiger partial charge in [-0.2, -0.15) is 0 Å². The molecule has 28 heavy (non-hydrogen) atoms. The molecule has 0 spiro atoms. The summed E-state index contributed by atoms with van der Waals surface area (Å²) in [6.45, 7) is 4.38. The second-order valence-electron chi connectivity index (χ2n) is 6.43. The number of amides is 1. The summed E-state index contributed by atoms with van der Waals surface area (Å²) >= 11 is 2.67. The van der Waals surface area contributed by atoms with Crippen LogP contribution in [0.1, 0.15) is 25.8 Å². The lowest BCUT2D eigenvalue weighted by Gasteiger charge is -2.14. The molecule has 3 aromatic rings. The maximum atomic E-state index is 13.0. The van der Waals surface area contributed by atoms with Crippen LogP contribution in [-0.2, 0) is 11.3 Å². The summed E-state index contributed by atoms with van der Waals surface area (Å²) in [5.41, 5.74) is 1.55. The van der Waals surface area contributed by atoms with Crippen molar-refractivity contribution in [2.24, 2.45) is 0 Å². The third kappa shape index (κ3) is 4.74. The highest BCUT2D eigenvalue weighted by molar-refractivity contribution is 7.99. The molecule has 2 aromatic heterocycles. The Balaban J connectivity index is 1.88. The van der Waals surface area contributed by atoms with E-state index in [1.807, 2.05) is 49.6 Å². The zero-order valence-corrected chi connectivity index (χ0v) is 17.7. The van der Waals surface area contributed by atoms with Crippen molar-refractivity contribution in [3.63, 3.8) is 0 Å². The average molecular weight is 418 g/mol. The van der Waals surface area contributed by atoms with Gasteiger partial charge in [0, 0.05) is 6.04 Å². The van der Waals surface area contributed by atoms with Crippen molar-refractivity contribution in [2.75, 3.05) is 12.9 Å². The third-order valence-electron chi connectivity index (χ3n) is 4.38. The first-order chi connectivity index (χ1) is 13.5. The van der Waals surface area contributed by atoms with Crippen LogP contribution in [0.2, 0.25) is 0 Å². The maximum Gasteiger partial charge on any atom is 0.272 e. The van der Waals surface area contributed by atoms with Gasteiger partial charge in [0.05, 0.1) is 24.9 Å². The quantitative estimate of drug-likeness (QED) is 0.448. The van der Waals surface area contributed by atoms with Gasteiger partial charge in [0.1, 0.15) is 10.4 Å². The van der Waals surface area contributed by atoms with Crippen LogP contribution in [-0.4, -0.2) is 34.4 Å². The van der Waals surface area contributed by atoms with Crippen molar-refractivity contribution < 1.29 is 9.53 Å². The number of benzene rings is 1. The number of aromatic nitrogens is 2. The minimum absolute atomic E-state index is 0.0602. The van der Waals surface area contributed by atoms with E-state index < -0.39 is 0 Å². The largest absolute Gasteiger partial charge is 0.497 e. The first-order valence-corrected chi connectivity index (χ1v) is 10.9. The van der Waals surface area contributed by atoms with Crippen molar-refractivity contribution >= 4 is 39.2 Å². The van der Waals surface area contributed by atoms with E-state index in [0.717, 1.165) is 17.7 Å². The van der Waals surface area contributed by atoms with Gasteiger partial charge in [0.25, 0.3) is 5.56 Å². The number of methoxy groups -OCH3 is 1. The van der Waals surface area contributed by atoms with Crippen LogP contribution in [0.15, 0.2) is 45.7 Å². The Bertz CT molecular complexity index is 1010. The number of hydrogen-bond donors (Lipinski definition) is 1. The molecule has 148 valence electrons. The number of nitrogens with one attached hydrogen (secondary N) is 1. The van der Waals surface area contributed by atoms with Gasteiger partial charge in [-0.25, -0.2) is 4.98 Å². The Labute approximate surface area is 171 Å². The number of rotatable bonds is 8. The number of hydrogen-bond acceptors (Lipinski definition) is 6. The molecule has 2 heterocycles. The van der Waals surface area contributed by atoms with Crippen LogP contribution in [0.5, 0.6) is 5.75 Å². The molecule has 0 bridgehead atoms. The first-order valence-electron chi connectivity index (χ1n) is 9.05. The van der Waals surface area contributed by atoms with E-state index in [9.17, 15) is 9.59 Å². The molecule has 1 N–H and O–H groups in total. The molecule has 0 radical (unpaired) electrons. The predicted molar refractivity (Wildman–Crippen MR) is 115 cm³/mol. The molecule has 3 rings (SSSR count). The molecule has 1 amide bonds. The summed E-state index contributed by atoms with van der Waals surface area (Å²) in [7, 11) is 1.62. The summed E-state index contributed by atoms with van der Waals surface area (Å²) in [5, 5.41) is 5.35. The van der Waals surface area contributed by atoms with Crippen molar-refractivity contribution in [2.45, 2.75) is 38.0 Å². The number of ether oxygens (including phenoxy) is 1. The second kappa shape index (κ2) is 9.25. The van der Waals surface area contributed by atoms with Gasteiger partial charge in [-0.1, -0.05) is 30.8 Å². The van der Waals surface area contributed by atoms with E-state index in [-0.39, 0.29) is 23.3 Å². The minimum atomic E-state index is -0.0827. The summed E-state index contributed by atoms with van der Waals surface area (Å²) in [6.07, 6.45) is 0.873. The Morgan fingerprint density at radius 3 is 2.75 bits per heavy atom. The summed E-state index contributed by atoms with van der Waals surface area (Å²) in [6, 6.07) is 9.54. The lowest BCUT2D eigenvalue weighted by atomic mass is 10.2. The molecule has 0 unspecified atom stereocenters. The fourth-order valence-electron chi connectivity index (χ4n) is 2.64. The normalized spacial score (nSPS) is 12.1. The van der Waals surface area contributed by atoms with Crippen molar-refractivity contribution in [3.8, 4) is 5.75 Å². The van der Waals surface area contributed by atoms with Gasteiger partial charge < -0.3 is 10.1 Å². The van der Waals surface area contributed by atoms with Crippen molar-refractivity contribution in [1.29, 1.82) is 0 Å². The van der Waals surface area contributed by atoms with E-state index in [4.69, 9.17) is 4.74 Å². The highest BCUT2D eigenvalue weighted by Crippen LogP contribution is 2.22. The van der Waals surface area contributed by atoms with Gasteiger partial charge in [0.15, 0.2) is 5.16 Å². The van der Waals surface area contributed by atoms with Crippen LogP contribution in [0, 0.1) is 0 Å². The molecule has 0 saturated carbocycles. The van der Waals surface area contributed by atoms with Crippen LogP contribution in [0.25, 0.3) is 10.2 Å². The van der Waals surface area contributed by atoms with E-state index in [2.05, 4.69) is 10.3 Å². The molecule has 1 aromatic carbocycles. The first kappa shape index (κ1) is 20.4. The summed E-state index contributed by atoms with van der Waals surface area (Å²) in [5.74, 6) is 0.920. The standard InChI is InChI=1S/C20H23N3O3S2/c1-4-13(2)21-17(24)12-28-20-22-16-9-10-27-18(16)19(25)23(20)11-14-5-7-15(26-3)8-6-14/h5-10,13H,4,11-12H2,1-3H3,(H,21,24)/t13-/m0/s1. The molecular weight excluding hydrogens is 394 g/mol. The average Bonchev–Trinajstić information content (AvgIpc) is 3.18. The molecule has 0 aliphatic rings. The number of carbonyl (C=O) groups is 1. The summed E-state index contributed by atoms with van der Waals surface area (Å²) in [4.78, 5) is 29.8. The van der Waals surface area contributed by atoms with E-state index >= 15 is 0 Å². The molecule has 6 nitrogen and oxygen atoms in total. The maximum absolute atomic E-state index is 13.0. The van der Waals surface area contributed by atoms with E-state index in [0.29, 0.717) is 21.9 Å². The number of thiophene rings is 1. The van der Waals surface area contributed by atoms with Gasteiger partial charge in [-0.3, -0.25) is 14.2 Å². The van der Waals surface area contributed by atoms with Crippen molar-refractivity contribution in [1.82, 2.24) is 14.9 Å². The Hall–Kier alpha value is -2.32. The second-order valence-corrected chi connectivity index (χ2v) is 8.29. The lowest BCUT2D eigenvalue weighted by molar-refractivity contribution is -0.119. The summed E-state index contributed by atoms with van der Waals surface area (Å²) < 4.78 is 7.46. The zero-order chi connectivity index (χ0) is 20.1. The van der Waals surface area contributed by atoms with Crippen LogP contribution in [0.4, 0.5) is 0 Å². The topological polar surface area (TPSA) is 73.2 Å². The molecule has 8 heteroatoms. The Morgan fingerprint density at radius 1 is 1.32 bits per heavy atom. The Kier molecular flexibility index (Phi) is 6.74. The predicted octanol–water partition coefficient (Wildman–Crippen LogP) is 3.52. The third-order valence-corrected chi connectivity index (χ3v) is 6.25. The van der Waals surface area contributed by atoms with Gasteiger partial charge in [-0.15, -0.1) is 11.3 Å². The highest BCUT2D eigenvalue weighted by atomic mass is 32.2. The lowest BCUT2D eigenvalue weighted by Crippen LogP contribution is -2.33. The minimum Gasteiger partial charge on any atom is -0.497 e. The molecule has 0 saturated heterocycles. The number of nitrogens with zero attached hydrogens (tertiary/aromatic N) is 2. The van der Waals surface area contributed by atoms with E-state index in [1.54, 1.807) is 11.7 Å². The van der Waals surface area contributed by atoms with Crippen LogP contribution in [0.3, 0.4) is 0 Å². The molecular formula is C20H23N3O3S2. The number of fused-ring (bicyclic) bond motifs is 1. The van der Waals surface area contributed by atoms with E-state index in [1.165, 1.54) is 23.1 Å². The Morgan fingerprint density at radius 2 is 2.07 bits per heavy atom. The SMILES string of the molecule is CC[C@H](C)NC(=O)CSc1nc2ccsc2c(=O)n1Cc1ccc(OC)cc1. The fraction of sp³-hybridized carbons (Fsp3) is 0.350. The van der Waals surface area contributed by atoms with Crippen LogP contribution >= 0.6 is 23.1 Å². The van der Waals surface area contributed by atoms with Gasteiger partial charge in [-0.05, 0) is 42.5 Å². The van der Waals surface area contributed by atoms with Gasteiger partial charge in [0.2, 0.25) is 5.91 Å². The highest BCUT2D eigenvalue weighted by Gasteiger charge is 2.15. The van der Waals surface area contributed by atoms with Crippen molar-refractivity contribution in [3.05, 3.63) is 51.6 Å². The molecule has 0 aliphatic carbocycles. The number of thioether (sulfide) groups is 1.